The maximum absolute atomic E-state index is 9.12. The summed E-state index contributed by atoms with van der Waals surface area (Å²) in [6, 6.07) is 5.12. The minimum Gasteiger partial charge on any atom is -0.493 e. The molecule has 0 amide bonds. The third-order valence-corrected chi connectivity index (χ3v) is 2.55. The summed E-state index contributed by atoms with van der Waals surface area (Å²) in [5.41, 5.74) is 0.730. The van der Waals surface area contributed by atoms with E-state index in [0.717, 1.165) is 5.56 Å². The molecule has 1 N–H and O–H groups in total. The first-order valence-corrected chi connectivity index (χ1v) is 5.34. The summed E-state index contributed by atoms with van der Waals surface area (Å²) in [7, 11) is 1.54. The fraction of sp³-hybridized carbons (Fsp3) is 0.308. The van der Waals surface area contributed by atoms with Gasteiger partial charge in [0, 0.05) is 0 Å². The minimum atomic E-state index is -0.510. The fourth-order valence-corrected chi connectivity index (χ4v) is 1.72. The number of nitrogens with one attached hydrogen (secondary N) is 1. The first kappa shape index (κ1) is 12.1. The van der Waals surface area contributed by atoms with Crippen LogP contribution in [-0.2, 0) is 0 Å². The molecular formula is C13H12N2O3. The van der Waals surface area contributed by atoms with Crippen LogP contribution in [0.1, 0.15) is 11.6 Å². The summed E-state index contributed by atoms with van der Waals surface area (Å²) in [6.07, 6.45) is 5.16. The van der Waals surface area contributed by atoms with Crippen molar-refractivity contribution in [3.63, 3.8) is 0 Å². The van der Waals surface area contributed by atoms with Gasteiger partial charge < -0.3 is 14.2 Å². The summed E-state index contributed by atoms with van der Waals surface area (Å²) < 4.78 is 15.8. The van der Waals surface area contributed by atoms with Crippen LogP contribution in [0, 0.1) is 23.7 Å². The van der Waals surface area contributed by atoms with Gasteiger partial charge in [0.1, 0.15) is 6.04 Å². The minimum absolute atomic E-state index is 0.157. The molecule has 0 aliphatic carbocycles. The molecule has 0 saturated heterocycles. The predicted octanol–water partition coefficient (Wildman–Crippen LogP) is 1.21. The highest BCUT2D eigenvalue weighted by molar-refractivity contribution is 5.56. The van der Waals surface area contributed by atoms with Gasteiger partial charge >= 0.3 is 0 Å². The molecule has 1 aromatic rings. The van der Waals surface area contributed by atoms with Gasteiger partial charge in [-0.05, 0) is 17.7 Å². The van der Waals surface area contributed by atoms with E-state index in [1.807, 2.05) is 0 Å². The van der Waals surface area contributed by atoms with Gasteiger partial charge in [0.15, 0.2) is 11.5 Å². The Balaban J connectivity index is 2.34. The molecule has 0 bridgehead atoms. The Morgan fingerprint density at radius 1 is 1.56 bits per heavy atom. The smallest absolute Gasteiger partial charge is 0.231 e. The standard InChI is InChI=1S/C13H12N2O3/c1-3-4-15-10(7-14)9-5-11(16-2)13-12(6-9)17-8-18-13/h1,5-6,10,15H,4,8H2,2H3. The summed E-state index contributed by atoms with van der Waals surface area (Å²) in [5.74, 6) is 4.12. The van der Waals surface area contributed by atoms with Crippen molar-refractivity contribution in [2.24, 2.45) is 0 Å². The van der Waals surface area contributed by atoms with E-state index in [-0.39, 0.29) is 6.79 Å². The van der Waals surface area contributed by atoms with E-state index in [2.05, 4.69) is 17.3 Å². The Bertz CT molecular complexity index is 528. The third-order valence-electron chi connectivity index (χ3n) is 2.55. The Hall–Kier alpha value is -2.37. The van der Waals surface area contributed by atoms with Crippen molar-refractivity contribution in [2.45, 2.75) is 6.04 Å². The van der Waals surface area contributed by atoms with Gasteiger partial charge in [0.2, 0.25) is 12.5 Å². The highest BCUT2D eigenvalue weighted by atomic mass is 16.7. The second-order valence-corrected chi connectivity index (χ2v) is 3.60. The Morgan fingerprint density at radius 2 is 2.39 bits per heavy atom. The predicted molar refractivity (Wildman–Crippen MR) is 64.3 cm³/mol. The molecule has 1 aliphatic heterocycles. The summed E-state index contributed by atoms with van der Waals surface area (Å²) in [5, 5.41) is 12.1. The number of hydrogen-bond acceptors (Lipinski definition) is 5. The van der Waals surface area contributed by atoms with E-state index in [4.69, 9.17) is 25.9 Å². The van der Waals surface area contributed by atoms with Gasteiger partial charge in [-0.3, -0.25) is 5.32 Å². The molecule has 18 heavy (non-hydrogen) atoms. The average Bonchev–Trinajstić information content (AvgIpc) is 2.87. The third kappa shape index (κ3) is 2.17. The molecule has 5 nitrogen and oxygen atoms in total. The van der Waals surface area contributed by atoms with Crippen molar-refractivity contribution < 1.29 is 14.2 Å². The lowest BCUT2D eigenvalue weighted by atomic mass is 10.1. The number of benzene rings is 1. The number of rotatable bonds is 4. The van der Waals surface area contributed by atoms with E-state index in [9.17, 15) is 0 Å². The van der Waals surface area contributed by atoms with Crippen LogP contribution >= 0.6 is 0 Å². The Labute approximate surface area is 105 Å². The quantitative estimate of drug-likeness (QED) is 0.806. The van der Waals surface area contributed by atoms with Crippen molar-refractivity contribution in [3.05, 3.63) is 17.7 Å². The molecule has 5 heteroatoms. The van der Waals surface area contributed by atoms with Crippen molar-refractivity contribution in [3.8, 4) is 35.7 Å². The van der Waals surface area contributed by atoms with Crippen molar-refractivity contribution in [2.75, 3.05) is 20.4 Å². The number of nitriles is 1. The second-order valence-electron chi connectivity index (χ2n) is 3.60. The number of methoxy groups -OCH3 is 1. The molecule has 92 valence electrons. The van der Waals surface area contributed by atoms with Gasteiger partial charge in [-0.25, -0.2) is 0 Å². The lowest BCUT2D eigenvalue weighted by Crippen LogP contribution is -2.20. The van der Waals surface area contributed by atoms with Crippen LogP contribution in [0.5, 0.6) is 17.2 Å². The molecule has 1 aliphatic rings. The maximum Gasteiger partial charge on any atom is 0.231 e. The van der Waals surface area contributed by atoms with Crippen molar-refractivity contribution >= 4 is 0 Å². The lowest BCUT2D eigenvalue weighted by molar-refractivity contribution is 0.171. The molecule has 0 aromatic heterocycles. The van der Waals surface area contributed by atoms with Gasteiger partial charge in [-0.1, -0.05) is 5.92 Å². The number of ether oxygens (including phenoxy) is 3. The van der Waals surface area contributed by atoms with Gasteiger partial charge in [0.05, 0.1) is 19.7 Å². The van der Waals surface area contributed by atoms with Gasteiger partial charge in [-0.2, -0.15) is 5.26 Å². The summed E-state index contributed by atoms with van der Waals surface area (Å²) in [6.45, 7) is 0.471. The molecule has 0 radical (unpaired) electrons. The van der Waals surface area contributed by atoms with Crippen LogP contribution in [-0.4, -0.2) is 20.4 Å². The molecule has 0 spiro atoms. The normalized spacial score (nSPS) is 13.5. The highest BCUT2D eigenvalue weighted by Crippen LogP contribution is 2.42. The van der Waals surface area contributed by atoms with Gasteiger partial charge in [0.25, 0.3) is 0 Å². The second kappa shape index (κ2) is 5.31. The van der Waals surface area contributed by atoms with E-state index in [1.54, 1.807) is 12.1 Å². The Kier molecular flexibility index (Phi) is 3.57. The van der Waals surface area contributed by atoms with Crippen LogP contribution in [0.25, 0.3) is 0 Å². The first-order chi connectivity index (χ1) is 8.80. The van der Waals surface area contributed by atoms with Crippen LogP contribution < -0.4 is 19.5 Å². The zero-order valence-corrected chi connectivity index (χ0v) is 9.90. The van der Waals surface area contributed by atoms with Crippen LogP contribution in [0.4, 0.5) is 0 Å². The lowest BCUT2D eigenvalue weighted by Gasteiger charge is -2.12. The largest absolute Gasteiger partial charge is 0.493 e. The molecular weight excluding hydrogens is 232 g/mol. The molecule has 1 aromatic carbocycles. The molecule has 1 unspecified atom stereocenters. The number of fused-ring (bicyclic) bond motifs is 1. The number of terminal acetylenes is 1. The average molecular weight is 244 g/mol. The van der Waals surface area contributed by atoms with Crippen molar-refractivity contribution in [1.29, 1.82) is 5.26 Å². The molecule has 1 heterocycles. The Morgan fingerprint density at radius 3 is 3.06 bits per heavy atom. The number of hydrogen-bond donors (Lipinski definition) is 1. The maximum atomic E-state index is 9.12. The van der Waals surface area contributed by atoms with Crippen LogP contribution in [0.2, 0.25) is 0 Å². The van der Waals surface area contributed by atoms with Crippen LogP contribution in [0.15, 0.2) is 12.1 Å². The molecule has 1 atom stereocenters. The fourth-order valence-electron chi connectivity index (χ4n) is 1.72. The van der Waals surface area contributed by atoms with Crippen molar-refractivity contribution in [1.82, 2.24) is 5.32 Å². The molecule has 0 fully saturated rings. The SMILES string of the molecule is C#CCNC(C#N)c1cc(OC)c2c(c1)OCO2. The van der Waals surface area contributed by atoms with Crippen LogP contribution in [0.3, 0.4) is 0 Å². The van der Waals surface area contributed by atoms with E-state index in [0.29, 0.717) is 23.8 Å². The van der Waals surface area contributed by atoms with E-state index < -0.39 is 6.04 Å². The zero-order chi connectivity index (χ0) is 13.0. The molecule has 0 saturated carbocycles. The number of nitrogens with zero attached hydrogens (tertiary/aromatic N) is 1. The zero-order valence-electron chi connectivity index (χ0n) is 9.90. The topological polar surface area (TPSA) is 63.5 Å². The summed E-state index contributed by atoms with van der Waals surface area (Å²) in [4.78, 5) is 0. The van der Waals surface area contributed by atoms with E-state index in [1.165, 1.54) is 7.11 Å². The van der Waals surface area contributed by atoms with E-state index >= 15 is 0 Å². The highest BCUT2D eigenvalue weighted by Gasteiger charge is 2.22. The van der Waals surface area contributed by atoms with Gasteiger partial charge in [-0.15, -0.1) is 6.42 Å². The molecule has 2 rings (SSSR count). The summed E-state index contributed by atoms with van der Waals surface area (Å²) >= 11 is 0. The first-order valence-electron chi connectivity index (χ1n) is 5.34. The monoisotopic (exact) mass is 244 g/mol.